The van der Waals surface area contributed by atoms with Gasteiger partial charge in [-0.05, 0) is 25.2 Å². The van der Waals surface area contributed by atoms with Crippen LogP contribution in [0.1, 0.15) is 50.7 Å². The van der Waals surface area contributed by atoms with Crippen LogP contribution in [0.2, 0.25) is 0 Å². The van der Waals surface area contributed by atoms with Crippen LogP contribution in [0, 0.1) is 5.92 Å². The molecule has 0 saturated heterocycles. The SMILES string of the molecule is CC(C)Cc1noc(C2CCC(N)C2)n1. The molecule has 0 amide bonds. The van der Waals surface area contributed by atoms with E-state index < -0.39 is 0 Å². The van der Waals surface area contributed by atoms with Crippen molar-refractivity contribution in [2.45, 2.75) is 51.5 Å². The molecule has 15 heavy (non-hydrogen) atoms. The molecule has 4 nitrogen and oxygen atoms in total. The third kappa shape index (κ3) is 2.56. The summed E-state index contributed by atoms with van der Waals surface area (Å²) in [6.07, 6.45) is 4.04. The second-order valence-corrected chi connectivity index (χ2v) is 4.92. The first-order valence-electron chi connectivity index (χ1n) is 5.73. The van der Waals surface area contributed by atoms with Gasteiger partial charge < -0.3 is 10.3 Å². The van der Waals surface area contributed by atoms with Crippen molar-refractivity contribution in [2.24, 2.45) is 11.7 Å². The summed E-state index contributed by atoms with van der Waals surface area (Å²) in [5.41, 5.74) is 5.86. The molecular weight excluding hydrogens is 190 g/mol. The van der Waals surface area contributed by atoms with Crippen molar-refractivity contribution in [1.29, 1.82) is 0 Å². The molecule has 2 atom stereocenters. The van der Waals surface area contributed by atoms with E-state index in [0.717, 1.165) is 37.4 Å². The van der Waals surface area contributed by atoms with Crippen LogP contribution in [-0.4, -0.2) is 16.2 Å². The van der Waals surface area contributed by atoms with Crippen LogP contribution in [0.3, 0.4) is 0 Å². The fourth-order valence-corrected chi connectivity index (χ4v) is 2.12. The summed E-state index contributed by atoms with van der Waals surface area (Å²) in [4.78, 5) is 4.43. The second kappa shape index (κ2) is 4.31. The van der Waals surface area contributed by atoms with Crippen LogP contribution in [0.5, 0.6) is 0 Å². The van der Waals surface area contributed by atoms with Gasteiger partial charge in [0.25, 0.3) is 0 Å². The molecule has 0 spiro atoms. The molecule has 0 aliphatic heterocycles. The number of aromatic nitrogens is 2. The lowest BCUT2D eigenvalue weighted by atomic mass is 10.1. The maximum absolute atomic E-state index is 5.86. The summed E-state index contributed by atoms with van der Waals surface area (Å²) in [5, 5.41) is 4.00. The zero-order valence-electron chi connectivity index (χ0n) is 9.44. The molecule has 2 unspecified atom stereocenters. The number of hydrogen-bond acceptors (Lipinski definition) is 4. The predicted octanol–water partition coefficient (Wildman–Crippen LogP) is 1.86. The van der Waals surface area contributed by atoms with E-state index in [4.69, 9.17) is 10.3 Å². The Bertz CT molecular complexity index is 321. The Morgan fingerprint density at radius 3 is 2.87 bits per heavy atom. The van der Waals surface area contributed by atoms with Gasteiger partial charge in [0.2, 0.25) is 5.89 Å². The fraction of sp³-hybridized carbons (Fsp3) is 0.818. The Balaban J connectivity index is 2.00. The highest BCUT2D eigenvalue weighted by atomic mass is 16.5. The van der Waals surface area contributed by atoms with Crippen molar-refractivity contribution in [3.63, 3.8) is 0 Å². The third-order valence-corrected chi connectivity index (χ3v) is 2.90. The van der Waals surface area contributed by atoms with Gasteiger partial charge in [0, 0.05) is 18.4 Å². The standard InChI is InChI=1S/C11H19N3O/c1-7(2)5-10-13-11(15-14-10)8-3-4-9(12)6-8/h7-9H,3-6,12H2,1-2H3. The number of rotatable bonds is 3. The lowest BCUT2D eigenvalue weighted by Crippen LogP contribution is -2.14. The van der Waals surface area contributed by atoms with Gasteiger partial charge in [-0.25, -0.2) is 0 Å². The van der Waals surface area contributed by atoms with Crippen molar-refractivity contribution in [2.75, 3.05) is 0 Å². The van der Waals surface area contributed by atoms with E-state index in [2.05, 4.69) is 24.0 Å². The minimum Gasteiger partial charge on any atom is -0.339 e. The molecule has 2 rings (SSSR count). The lowest BCUT2D eigenvalue weighted by Gasteiger charge is -2.01. The van der Waals surface area contributed by atoms with Crippen LogP contribution in [0.4, 0.5) is 0 Å². The Hall–Kier alpha value is -0.900. The molecule has 1 aliphatic carbocycles. The molecular formula is C11H19N3O. The zero-order valence-corrected chi connectivity index (χ0v) is 9.44. The molecule has 2 N–H and O–H groups in total. The van der Waals surface area contributed by atoms with Gasteiger partial charge >= 0.3 is 0 Å². The molecule has 84 valence electrons. The predicted molar refractivity (Wildman–Crippen MR) is 57.4 cm³/mol. The number of nitrogens with zero attached hydrogens (tertiary/aromatic N) is 2. The summed E-state index contributed by atoms with van der Waals surface area (Å²) < 4.78 is 5.28. The summed E-state index contributed by atoms with van der Waals surface area (Å²) in [6.45, 7) is 4.31. The van der Waals surface area contributed by atoms with Gasteiger partial charge in [0.05, 0.1) is 0 Å². The minimum absolute atomic E-state index is 0.315. The van der Waals surface area contributed by atoms with Crippen LogP contribution in [-0.2, 0) is 6.42 Å². The Morgan fingerprint density at radius 1 is 1.47 bits per heavy atom. The monoisotopic (exact) mass is 209 g/mol. The number of hydrogen-bond donors (Lipinski definition) is 1. The lowest BCUT2D eigenvalue weighted by molar-refractivity contribution is 0.348. The molecule has 1 fully saturated rings. The Kier molecular flexibility index (Phi) is 3.05. The van der Waals surface area contributed by atoms with Crippen LogP contribution in [0.15, 0.2) is 4.52 Å². The van der Waals surface area contributed by atoms with Gasteiger partial charge in [-0.15, -0.1) is 0 Å². The minimum atomic E-state index is 0.315. The first-order valence-corrected chi connectivity index (χ1v) is 5.73. The Morgan fingerprint density at radius 2 is 2.27 bits per heavy atom. The first kappa shape index (κ1) is 10.6. The quantitative estimate of drug-likeness (QED) is 0.825. The van der Waals surface area contributed by atoms with Crippen LogP contribution in [0.25, 0.3) is 0 Å². The summed E-state index contributed by atoms with van der Waals surface area (Å²) in [6, 6.07) is 0.315. The van der Waals surface area contributed by atoms with Crippen molar-refractivity contribution in [3.8, 4) is 0 Å². The van der Waals surface area contributed by atoms with Gasteiger partial charge in [-0.2, -0.15) is 4.98 Å². The smallest absolute Gasteiger partial charge is 0.229 e. The van der Waals surface area contributed by atoms with Crippen molar-refractivity contribution >= 4 is 0 Å². The average Bonchev–Trinajstić information content (AvgIpc) is 2.72. The summed E-state index contributed by atoms with van der Waals surface area (Å²) >= 11 is 0. The second-order valence-electron chi connectivity index (χ2n) is 4.92. The van der Waals surface area contributed by atoms with E-state index >= 15 is 0 Å². The largest absolute Gasteiger partial charge is 0.339 e. The number of nitrogens with two attached hydrogens (primary N) is 1. The molecule has 1 aromatic heterocycles. The van der Waals surface area contributed by atoms with Gasteiger partial charge in [-0.1, -0.05) is 19.0 Å². The highest BCUT2D eigenvalue weighted by molar-refractivity contribution is 4.99. The average molecular weight is 209 g/mol. The Labute approximate surface area is 90.2 Å². The van der Waals surface area contributed by atoms with Gasteiger partial charge in [-0.3, -0.25) is 0 Å². The normalized spacial score (nSPS) is 26.4. The molecule has 1 saturated carbocycles. The van der Waals surface area contributed by atoms with E-state index in [0.29, 0.717) is 17.9 Å². The van der Waals surface area contributed by atoms with E-state index in [1.165, 1.54) is 0 Å². The van der Waals surface area contributed by atoms with Crippen molar-refractivity contribution < 1.29 is 4.52 Å². The zero-order chi connectivity index (χ0) is 10.8. The molecule has 4 heteroatoms. The highest BCUT2D eigenvalue weighted by Gasteiger charge is 2.27. The van der Waals surface area contributed by atoms with E-state index in [1.807, 2.05) is 0 Å². The maximum atomic E-state index is 5.86. The third-order valence-electron chi connectivity index (χ3n) is 2.90. The summed E-state index contributed by atoms with van der Waals surface area (Å²) in [5.74, 6) is 2.59. The van der Waals surface area contributed by atoms with Crippen LogP contribution < -0.4 is 5.73 Å². The van der Waals surface area contributed by atoms with E-state index in [1.54, 1.807) is 0 Å². The van der Waals surface area contributed by atoms with E-state index in [9.17, 15) is 0 Å². The van der Waals surface area contributed by atoms with Gasteiger partial charge in [0.15, 0.2) is 5.82 Å². The van der Waals surface area contributed by atoms with Gasteiger partial charge in [0.1, 0.15) is 0 Å². The maximum Gasteiger partial charge on any atom is 0.229 e. The molecule has 1 aliphatic rings. The van der Waals surface area contributed by atoms with E-state index in [-0.39, 0.29) is 0 Å². The molecule has 0 aromatic carbocycles. The molecule has 1 heterocycles. The fourth-order valence-electron chi connectivity index (χ4n) is 2.12. The molecule has 1 aromatic rings. The topological polar surface area (TPSA) is 64.9 Å². The van der Waals surface area contributed by atoms with Crippen LogP contribution >= 0.6 is 0 Å². The summed E-state index contributed by atoms with van der Waals surface area (Å²) in [7, 11) is 0. The first-order chi connectivity index (χ1) is 7.15. The molecule has 0 radical (unpaired) electrons. The molecule has 0 bridgehead atoms. The van der Waals surface area contributed by atoms with Crippen molar-refractivity contribution in [3.05, 3.63) is 11.7 Å². The highest BCUT2D eigenvalue weighted by Crippen LogP contribution is 2.32. The van der Waals surface area contributed by atoms with Crippen molar-refractivity contribution in [1.82, 2.24) is 10.1 Å².